The van der Waals surface area contributed by atoms with Crippen LogP contribution in [-0.2, 0) is 4.79 Å². The molecule has 0 aliphatic heterocycles. The van der Waals surface area contributed by atoms with Crippen LogP contribution in [0, 0.1) is 5.92 Å². The van der Waals surface area contributed by atoms with E-state index in [1.165, 1.54) is 0 Å². The molecule has 1 fully saturated rings. The summed E-state index contributed by atoms with van der Waals surface area (Å²) in [7, 11) is 0. The molecule has 0 radical (unpaired) electrons. The van der Waals surface area contributed by atoms with Gasteiger partial charge in [-0.3, -0.25) is 4.79 Å². The summed E-state index contributed by atoms with van der Waals surface area (Å²) in [5.74, 6) is -0.862. The Bertz CT molecular complexity index is 140. The summed E-state index contributed by atoms with van der Waals surface area (Å²) in [6.07, 6.45) is 3.43. The van der Waals surface area contributed by atoms with Gasteiger partial charge in [-0.15, -0.1) is 12.4 Å². The van der Waals surface area contributed by atoms with Gasteiger partial charge in [0.1, 0.15) is 0 Å². The van der Waals surface area contributed by atoms with Crippen molar-refractivity contribution in [2.75, 3.05) is 0 Å². The summed E-state index contributed by atoms with van der Waals surface area (Å²) in [5.41, 5.74) is 5.60. The van der Waals surface area contributed by atoms with E-state index in [-0.39, 0.29) is 24.4 Å². The first-order valence-corrected chi connectivity index (χ1v) is 3.68. The molecule has 0 aromatic rings. The number of aliphatic carboxylic acids is 1. The maximum atomic E-state index is 10.4. The van der Waals surface area contributed by atoms with E-state index in [1.54, 1.807) is 0 Å². The maximum absolute atomic E-state index is 10.4. The van der Waals surface area contributed by atoms with E-state index >= 15 is 0 Å². The molecule has 66 valence electrons. The first kappa shape index (κ1) is 10.7. The summed E-state index contributed by atoms with van der Waals surface area (Å²) in [4.78, 5) is 10.4. The second-order valence-corrected chi connectivity index (χ2v) is 2.96. The van der Waals surface area contributed by atoms with Gasteiger partial charge in [-0.2, -0.15) is 0 Å². The average Bonchev–Trinajstić information content (AvgIpc) is 1.88. The molecule has 1 saturated carbocycles. The topological polar surface area (TPSA) is 63.3 Å². The lowest BCUT2D eigenvalue weighted by Crippen LogP contribution is -2.31. The summed E-state index contributed by atoms with van der Waals surface area (Å²) in [6.45, 7) is 0. The van der Waals surface area contributed by atoms with E-state index in [1.807, 2.05) is 0 Å². The van der Waals surface area contributed by atoms with Crippen molar-refractivity contribution in [3.63, 3.8) is 0 Å². The Morgan fingerprint density at radius 2 is 2.09 bits per heavy atom. The van der Waals surface area contributed by atoms with Crippen molar-refractivity contribution in [2.24, 2.45) is 11.7 Å². The van der Waals surface area contributed by atoms with Crippen LogP contribution in [-0.4, -0.2) is 17.1 Å². The SMILES string of the molecule is Cl.NC1CCCC(C(=O)O)C1. The van der Waals surface area contributed by atoms with Gasteiger partial charge >= 0.3 is 5.97 Å². The van der Waals surface area contributed by atoms with Crippen LogP contribution in [0.2, 0.25) is 0 Å². The smallest absolute Gasteiger partial charge is 0.306 e. The Morgan fingerprint density at radius 1 is 1.45 bits per heavy atom. The Morgan fingerprint density at radius 3 is 2.45 bits per heavy atom. The highest BCUT2D eigenvalue weighted by atomic mass is 35.5. The first-order chi connectivity index (χ1) is 4.70. The monoisotopic (exact) mass is 179 g/mol. The summed E-state index contributed by atoms with van der Waals surface area (Å²) in [5, 5.41) is 8.60. The van der Waals surface area contributed by atoms with E-state index in [4.69, 9.17) is 10.8 Å². The molecule has 2 unspecified atom stereocenters. The quantitative estimate of drug-likeness (QED) is 0.632. The highest BCUT2D eigenvalue weighted by Crippen LogP contribution is 2.22. The predicted octanol–water partition coefficient (Wildman–Crippen LogP) is 1.01. The number of carboxylic acid groups (broad SMARTS) is 1. The fourth-order valence-corrected chi connectivity index (χ4v) is 1.45. The van der Waals surface area contributed by atoms with Gasteiger partial charge in [0.15, 0.2) is 0 Å². The van der Waals surface area contributed by atoms with Gasteiger partial charge in [0, 0.05) is 6.04 Å². The van der Waals surface area contributed by atoms with Crippen LogP contribution in [0.3, 0.4) is 0 Å². The molecule has 0 aromatic carbocycles. The second kappa shape index (κ2) is 4.57. The molecule has 11 heavy (non-hydrogen) atoms. The van der Waals surface area contributed by atoms with Crippen LogP contribution >= 0.6 is 12.4 Å². The molecule has 0 saturated heterocycles. The first-order valence-electron chi connectivity index (χ1n) is 3.68. The average molecular weight is 180 g/mol. The highest BCUT2D eigenvalue weighted by molar-refractivity contribution is 5.85. The Labute approximate surface area is 72.4 Å². The summed E-state index contributed by atoms with van der Waals surface area (Å²) >= 11 is 0. The van der Waals surface area contributed by atoms with Crippen molar-refractivity contribution >= 4 is 18.4 Å². The number of carbonyl (C=O) groups is 1. The van der Waals surface area contributed by atoms with Crippen LogP contribution in [0.15, 0.2) is 0 Å². The fourth-order valence-electron chi connectivity index (χ4n) is 1.45. The Kier molecular flexibility index (Phi) is 4.45. The molecule has 0 heterocycles. The maximum Gasteiger partial charge on any atom is 0.306 e. The molecule has 0 spiro atoms. The largest absolute Gasteiger partial charge is 0.481 e. The summed E-state index contributed by atoms with van der Waals surface area (Å²) in [6, 6.07) is 0.120. The van der Waals surface area contributed by atoms with Gasteiger partial charge in [-0.1, -0.05) is 6.42 Å². The molecule has 3 N–H and O–H groups in total. The van der Waals surface area contributed by atoms with Gasteiger partial charge in [0.2, 0.25) is 0 Å². The minimum atomic E-state index is -0.685. The third kappa shape index (κ3) is 3.08. The Balaban J connectivity index is 0.000001000. The predicted molar refractivity (Wildman–Crippen MR) is 44.8 cm³/mol. The molecule has 1 rings (SSSR count). The van der Waals surface area contributed by atoms with Crippen LogP contribution in [0.5, 0.6) is 0 Å². The number of carboxylic acids is 1. The van der Waals surface area contributed by atoms with Crippen molar-refractivity contribution in [3.05, 3.63) is 0 Å². The number of hydrogen-bond donors (Lipinski definition) is 2. The molecule has 4 heteroatoms. The van der Waals surface area contributed by atoms with Crippen molar-refractivity contribution in [2.45, 2.75) is 31.7 Å². The fraction of sp³-hybridized carbons (Fsp3) is 0.857. The van der Waals surface area contributed by atoms with Crippen LogP contribution in [0.4, 0.5) is 0 Å². The minimum absolute atomic E-state index is 0. The van der Waals surface area contributed by atoms with E-state index in [0.717, 1.165) is 19.3 Å². The van der Waals surface area contributed by atoms with Gasteiger partial charge in [-0.05, 0) is 19.3 Å². The second-order valence-electron chi connectivity index (χ2n) is 2.96. The molecular weight excluding hydrogens is 166 g/mol. The van der Waals surface area contributed by atoms with E-state index in [0.29, 0.717) is 6.42 Å². The lowest BCUT2D eigenvalue weighted by Gasteiger charge is -2.22. The van der Waals surface area contributed by atoms with E-state index in [9.17, 15) is 4.79 Å². The zero-order chi connectivity index (χ0) is 7.56. The van der Waals surface area contributed by atoms with Crippen LogP contribution < -0.4 is 5.73 Å². The van der Waals surface area contributed by atoms with Gasteiger partial charge in [-0.25, -0.2) is 0 Å². The van der Waals surface area contributed by atoms with Gasteiger partial charge in [0.05, 0.1) is 5.92 Å². The normalized spacial score (nSPS) is 30.6. The molecule has 3 nitrogen and oxygen atoms in total. The van der Waals surface area contributed by atoms with Crippen molar-refractivity contribution < 1.29 is 9.90 Å². The molecule has 1 aliphatic rings. The van der Waals surface area contributed by atoms with Crippen molar-refractivity contribution in [1.29, 1.82) is 0 Å². The molecule has 0 bridgehead atoms. The van der Waals surface area contributed by atoms with Crippen molar-refractivity contribution in [1.82, 2.24) is 0 Å². The van der Waals surface area contributed by atoms with E-state index < -0.39 is 5.97 Å². The highest BCUT2D eigenvalue weighted by Gasteiger charge is 2.24. The molecule has 1 aliphatic carbocycles. The van der Waals surface area contributed by atoms with E-state index in [2.05, 4.69) is 0 Å². The van der Waals surface area contributed by atoms with Crippen LogP contribution in [0.25, 0.3) is 0 Å². The molecular formula is C7H14ClNO2. The van der Waals surface area contributed by atoms with Crippen LogP contribution in [0.1, 0.15) is 25.7 Å². The zero-order valence-electron chi connectivity index (χ0n) is 6.32. The van der Waals surface area contributed by atoms with Gasteiger partial charge < -0.3 is 10.8 Å². The lowest BCUT2D eigenvalue weighted by molar-refractivity contribution is -0.142. The molecule has 0 aromatic heterocycles. The number of nitrogens with two attached hydrogens (primary N) is 1. The Hall–Kier alpha value is -0.280. The standard InChI is InChI=1S/C7H13NO2.ClH/c8-6-3-1-2-5(4-6)7(9)10;/h5-6H,1-4,8H2,(H,9,10);1H. The zero-order valence-corrected chi connectivity index (χ0v) is 7.14. The summed E-state index contributed by atoms with van der Waals surface area (Å²) < 4.78 is 0. The minimum Gasteiger partial charge on any atom is -0.481 e. The van der Waals surface area contributed by atoms with Gasteiger partial charge in [0.25, 0.3) is 0 Å². The number of rotatable bonds is 1. The number of hydrogen-bond acceptors (Lipinski definition) is 2. The molecule has 0 amide bonds. The number of halogens is 1. The third-order valence-electron chi connectivity index (χ3n) is 2.06. The molecule has 2 atom stereocenters. The third-order valence-corrected chi connectivity index (χ3v) is 2.06. The van der Waals surface area contributed by atoms with Crippen molar-refractivity contribution in [3.8, 4) is 0 Å². The lowest BCUT2D eigenvalue weighted by atomic mass is 9.86.